The van der Waals surface area contributed by atoms with Crippen LogP contribution in [0, 0.1) is 23.2 Å². The van der Waals surface area contributed by atoms with Crippen LogP contribution in [0.4, 0.5) is 4.79 Å². The van der Waals surface area contributed by atoms with Crippen LogP contribution in [0.25, 0.3) is 0 Å². The maximum absolute atomic E-state index is 13.0. The predicted molar refractivity (Wildman–Crippen MR) is 129 cm³/mol. The largest absolute Gasteiger partial charge is 0.497 e. The fraction of sp³-hybridized carbons (Fsp3) is 0.536. The van der Waals surface area contributed by atoms with Crippen LogP contribution in [0.5, 0.6) is 5.75 Å². The van der Waals surface area contributed by atoms with Gasteiger partial charge in [0.05, 0.1) is 7.11 Å². The van der Waals surface area contributed by atoms with Crippen molar-refractivity contribution in [2.75, 3.05) is 13.7 Å². The van der Waals surface area contributed by atoms with E-state index < -0.39 is 0 Å². The van der Waals surface area contributed by atoms with Gasteiger partial charge in [0.25, 0.3) is 0 Å². The second kappa shape index (κ2) is 7.94. The van der Waals surface area contributed by atoms with Crippen LogP contribution >= 0.6 is 11.6 Å². The van der Waals surface area contributed by atoms with Crippen molar-refractivity contribution in [3.05, 3.63) is 64.2 Å². The lowest BCUT2D eigenvalue weighted by molar-refractivity contribution is -0.0726. The molecule has 0 spiro atoms. The number of fused-ring (bicyclic) bond motifs is 7. The number of ether oxygens (including phenoxy) is 2. The van der Waals surface area contributed by atoms with Crippen LogP contribution in [0.2, 0.25) is 5.02 Å². The molecule has 6 atom stereocenters. The summed E-state index contributed by atoms with van der Waals surface area (Å²) < 4.78 is 11.7. The Hall–Kier alpha value is -2.20. The maximum atomic E-state index is 13.0. The molecule has 1 heterocycles. The van der Waals surface area contributed by atoms with Crippen LogP contribution < -0.4 is 4.74 Å². The van der Waals surface area contributed by atoms with Crippen LogP contribution in [0.15, 0.2) is 42.5 Å². The third-order valence-corrected chi connectivity index (χ3v) is 9.49. The van der Waals surface area contributed by atoms with Crippen molar-refractivity contribution >= 4 is 17.7 Å². The molecule has 1 amide bonds. The number of aryl methyl sites for hydroxylation is 1. The van der Waals surface area contributed by atoms with Gasteiger partial charge in [-0.3, -0.25) is 0 Å². The highest BCUT2D eigenvalue weighted by atomic mass is 35.5. The molecule has 0 N–H and O–H groups in total. The van der Waals surface area contributed by atoms with Gasteiger partial charge in [-0.1, -0.05) is 36.7 Å². The van der Waals surface area contributed by atoms with E-state index in [0.717, 1.165) is 42.1 Å². The van der Waals surface area contributed by atoms with Gasteiger partial charge < -0.3 is 14.4 Å². The predicted octanol–water partition coefficient (Wildman–Crippen LogP) is 6.45. The molecule has 33 heavy (non-hydrogen) atoms. The Balaban J connectivity index is 1.23. The number of amides is 1. The lowest BCUT2D eigenvalue weighted by Gasteiger charge is -2.51. The monoisotopic (exact) mass is 465 g/mol. The van der Waals surface area contributed by atoms with Crippen LogP contribution in [-0.2, 0) is 17.7 Å². The molecule has 2 saturated carbocycles. The Morgan fingerprint density at radius 3 is 2.79 bits per heavy atom. The Morgan fingerprint density at radius 1 is 1.18 bits per heavy atom. The summed E-state index contributed by atoms with van der Waals surface area (Å²) in [5, 5.41) is 0.717. The molecule has 174 valence electrons. The Kier molecular flexibility index (Phi) is 5.13. The summed E-state index contributed by atoms with van der Waals surface area (Å²) in [4.78, 5) is 14.9. The number of halogens is 1. The van der Waals surface area contributed by atoms with E-state index in [9.17, 15) is 4.79 Å². The van der Waals surface area contributed by atoms with Crippen molar-refractivity contribution in [1.82, 2.24) is 4.90 Å². The summed E-state index contributed by atoms with van der Waals surface area (Å²) in [6, 6.07) is 14.4. The van der Waals surface area contributed by atoms with Gasteiger partial charge in [0, 0.05) is 29.4 Å². The zero-order valence-electron chi connectivity index (χ0n) is 19.4. The number of hydrogen-bond donors (Lipinski definition) is 0. The summed E-state index contributed by atoms with van der Waals surface area (Å²) in [6.07, 6.45) is 5.73. The fourth-order valence-electron chi connectivity index (χ4n) is 7.70. The number of benzene rings is 2. The molecule has 2 aromatic carbocycles. The molecule has 3 fully saturated rings. The summed E-state index contributed by atoms with van der Waals surface area (Å²) in [6.45, 7) is 3.79. The molecule has 0 bridgehead atoms. The average molecular weight is 466 g/mol. The van der Waals surface area contributed by atoms with Gasteiger partial charge in [-0.25, -0.2) is 4.79 Å². The van der Waals surface area contributed by atoms with E-state index in [1.54, 1.807) is 7.11 Å². The highest BCUT2D eigenvalue weighted by Crippen LogP contribution is 2.63. The van der Waals surface area contributed by atoms with Gasteiger partial charge in [0.1, 0.15) is 11.9 Å². The zero-order chi connectivity index (χ0) is 22.7. The van der Waals surface area contributed by atoms with Gasteiger partial charge in [-0.05, 0) is 90.8 Å². The molecular formula is C28H32ClNO3. The smallest absolute Gasteiger partial charge is 0.410 e. The van der Waals surface area contributed by atoms with E-state index in [2.05, 4.69) is 25.1 Å². The van der Waals surface area contributed by atoms with E-state index in [-0.39, 0.29) is 17.6 Å². The number of hydrogen-bond acceptors (Lipinski definition) is 3. The lowest BCUT2D eigenvalue weighted by atomic mass is 9.55. The second-order valence-corrected chi connectivity index (χ2v) is 11.3. The van der Waals surface area contributed by atoms with Crippen LogP contribution in [0.3, 0.4) is 0 Å². The fourth-order valence-corrected chi connectivity index (χ4v) is 7.83. The first-order valence-corrected chi connectivity index (χ1v) is 12.7. The number of methoxy groups -OCH3 is 1. The van der Waals surface area contributed by atoms with Gasteiger partial charge in [0.2, 0.25) is 0 Å². The lowest BCUT2D eigenvalue weighted by Crippen LogP contribution is -2.51. The van der Waals surface area contributed by atoms with Crippen molar-refractivity contribution in [1.29, 1.82) is 0 Å². The van der Waals surface area contributed by atoms with Crippen molar-refractivity contribution in [2.24, 2.45) is 23.2 Å². The third kappa shape index (κ3) is 3.44. The molecule has 6 rings (SSSR count). The van der Waals surface area contributed by atoms with E-state index in [1.165, 1.54) is 24.0 Å². The Morgan fingerprint density at radius 2 is 2.00 bits per heavy atom. The molecule has 0 aromatic heterocycles. The first kappa shape index (κ1) is 21.3. The molecule has 5 heteroatoms. The molecule has 3 aliphatic carbocycles. The van der Waals surface area contributed by atoms with Crippen molar-refractivity contribution in [3.63, 3.8) is 0 Å². The number of carbonyl (C=O) groups excluding carboxylic acids is 1. The molecule has 4 nitrogen and oxygen atoms in total. The SMILES string of the molecule is COc1ccc2c(c1)CC[C@@H]1[C@@H]2CC[C@]2(C)[C@@H]3OC(=O)N(Cc4ccc(Cl)cc4)C[C@@H]3C[C@@H]12. The number of nitrogens with zero attached hydrogens (tertiary/aromatic N) is 1. The second-order valence-electron chi connectivity index (χ2n) is 10.8. The third-order valence-electron chi connectivity index (χ3n) is 9.23. The van der Waals surface area contributed by atoms with E-state index in [1.807, 2.05) is 29.2 Å². The molecule has 4 aliphatic rings. The minimum atomic E-state index is -0.156. The summed E-state index contributed by atoms with van der Waals surface area (Å²) >= 11 is 6.03. The maximum Gasteiger partial charge on any atom is 0.410 e. The first-order chi connectivity index (χ1) is 16.0. The quantitative estimate of drug-likeness (QED) is 0.522. The first-order valence-electron chi connectivity index (χ1n) is 12.3. The molecule has 1 saturated heterocycles. The van der Waals surface area contributed by atoms with Gasteiger partial charge >= 0.3 is 6.09 Å². The van der Waals surface area contributed by atoms with Crippen LogP contribution in [-0.4, -0.2) is 30.8 Å². The highest BCUT2D eigenvalue weighted by molar-refractivity contribution is 6.30. The Bertz CT molecular complexity index is 1070. The standard InChI is InChI=1S/C28H32ClNO3/c1-28-12-11-23-22-10-8-21(32-2)13-18(22)5-9-24(23)25(28)14-19-16-30(27(31)33-26(19)28)15-17-3-6-20(29)7-4-17/h3-4,6-8,10,13,19,23-26H,5,9,11-12,14-16H2,1-2H3/t19-,23+,24+,25-,26+,28-/m0/s1. The molecule has 0 radical (unpaired) electrons. The zero-order valence-corrected chi connectivity index (χ0v) is 20.2. The van der Waals surface area contributed by atoms with E-state index >= 15 is 0 Å². The van der Waals surface area contributed by atoms with Gasteiger partial charge in [0.15, 0.2) is 0 Å². The van der Waals surface area contributed by atoms with Gasteiger partial charge in [-0.15, -0.1) is 0 Å². The molecule has 2 aromatic rings. The summed E-state index contributed by atoms with van der Waals surface area (Å²) in [5.74, 6) is 3.30. The average Bonchev–Trinajstić information content (AvgIpc) is 3.11. The summed E-state index contributed by atoms with van der Waals surface area (Å²) in [5.41, 5.74) is 4.19. The van der Waals surface area contributed by atoms with Gasteiger partial charge in [-0.2, -0.15) is 0 Å². The van der Waals surface area contributed by atoms with E-state index in [4.69, 9.17) is 21.1 Å². The van der Waals surface area contributed by atoms with Crippen molar-refractivity contribution < 1.29 is 14.3 Å². The Labute approximate surface area is 201 Å². The molecule has 1 aliphatic heterocycles. The van der Waals surface area contributed by atoms with E-state index in [0.29, 0.717) is 30.2 Å². The number of rotatable bonds is 3. The van der Waals surface area contributed by atoms with Crippen molar-refractivity contribution in [2.45, 2.75) is 57.6 Å². The number of carbonyl (C=O) groups is 1. The summed E-state index contributed by atoms with van der Waals surface area (Å²) in [7, 11) is 1.75. The topological polar surface area (TPSA) is 38.8 Å². The minimum Gasteiger partial charge on any atom is -0.497 e. The molecular weight excluding hydrogens is 434 g/mol. The van der Waals surface area contributed by atoms with Crippen LogP contribution in [0.1, 0.15) is 55.2 Å². The highest BCUT2D eigenvalue weighted by Gasteiger charge is 2.61. The molecule has 0 unspecified atom stereocenters. The minimum absolute atomic E-state index is 0.0506. The normalized spacial score (nSPS) is 34.6. The van der Waals surface area contributed by atoms with Crippen molar-refractivity contribution in [3.8, 4) is 5.75 Å².